The largest absolute Gasteiger partial charge is 0.378 e. The molecule has 0 aromatic heterocycles. The molecule has 1 aromatic rings. The molecule has 2 fully saturated rings. The van der Waals surface area contributed by atoms with Crippen LogP contribution in [0, 0.1) is 23.2 Å². The fraction of sp³-hybridized carbons (Fsp3) is 0.690. The van der Waals surface area contributed by atoms with Crippen LogP contribution in [0.25, 0.3) is 0 Å². The van der Waals surface area contributed by atoms with E-state index >= 15 is 0 Å². The van der Waals surface area contributed by atoms with Crippen LogP contribution in [0.15, 0.2) is 36.4 Å². The summed E-state index contributed by atoms with van der Waals surface area (Å²) in [6.45, 7) is 3.23. The predicted octanol–water partition coefficient (Wildman–Crippen LogP) is 8.13. The van der Waals surface area contributed by atoms with E-state index in [-0.39, 0.29) is 0 Å². The first kappa shape index (κ1) is 24.1. The Kier molecular flexibility index (Phi) is 10.7. The number of hydrogen-bond acceptors (Lipinski definition) is 2. The van der Waals surface area contributed by atoms with Gasteiger partial charge in [-0.1, -0.05) is 62.9 Å². The number of ether oxygens (including phenoxy) is 1. The van der Waals surface area contributed by atoms with Crippen molar-refractivity contribution in [2.45, 2.75) is 109 Å². The molecule has 2 heteroatoms. The summed E-state index contributed by atoms with van der Waals surface area (Å²) in [4.78, 5) is 0. The molecule has 3 rings (SSSR count). The summed E-state index contributed by atoms with van der Waals surface area (Å²) in [6.07, 6.45) is 22.1. The number of unbranched alkanes of at least 4 members (excludes halogenated alkanes) is 4. The Morgan fingerprint density at radius 3 is 2.29 bits per heavy atom. The van der Waals surface area contributed by atoms with Crippen molar-refractivity contribution in [3.63, 3.8) is 0 Å². The van der Waals surface area contributed by atoms with Crippen LogP contribution in [0.2, 0.25) is 0 Å². The van der Waals surface area contributed by atoms with E-state index in [1.165, 1.54) is 82.6 Å². The van der Waals surface area contributed by atoms with Gasteiger partial charge in [0.2, 0.25) is 0 Å². The van der Waals surface area contributed by atoms with Crippen LogP contribution in [-0.2, 0) is 11.2 Å². The van der Waals surface area contributed by atoms with Gasteiger partial charge in [-0.05, 0) is 93.1 Å². The van der Waals surface area contributed by atoms with E-state index in [4.69, 9.17) is 10.00 Å². The van der Waals surface area contributed by atoms with Crippen LogP contribution >= 0.6 is 0 Å². The van der Waals surface area contributed by atoms with Gasteiger partial charge < -0.3 is 4.74 Å². The van der Waals surface area contributed by atoms with E-state index in [1.54, 1.807) is 11.6 Å². The second-order valence-corrected chi connectivity index (χ2v) is 9.98. The van der Waals surface area contributed by atoms with Gasteiger partial charge in [0.1, 0.15) is 0 Å². The van der Waals surface area contributed by atoms with Gasteiger partial charge in [0.15, 0.2) is 0 Å². The molecule has 0 amide bonds. The second kappa shape index (κ2) is 13.7. The van der Waals surface area contributed by atoms with Gasteiger partial charge in [-0.15, -0.1) is 0 Å². The molecular formula is C29H43NO. The van der Waals surface area contributed by atoms with Gasteiger partial charge in [0.25, 0.3) is 0 Å². The molecule has 2 aliphatic carbocycles. The number of allylic oxidation sites excluding steroid dienone is 2. The molecule has 2 saturated carbocycles. The maximum absolute atomic E-state index is 8.67. The Hall–Kier alpha value is -1.59. The average Bonchev–Trinajstić information content (AvgIpc) is 2.83. The van der Waals surface area contributed by atoms with Crippen molar-refractivity contribution in [2.24, 2.45) is 11.8 Å². The van der Waals surface area contributed by atoms with E-state index in [1.807, 2.05) is 0 Å². The fourth-order valence-electron chi connectivity index (χ4n) is 5.45. The molecule has 170 valence electrons. The number of benzene rings is 1. The first-order valence-electron chi connectivity index (χ1n) is 13.0. The fourth-order valence-corrected chi connectivity index (χ4v) is 5.45. The van der Waals surface area contributed by atoms with Crippen molar-refractivity contribution in [3.8, 4) is 6.07 Å². The third-order valence-electron chi connectivity index (χ3n) is 7.60. The van der Waals surface area contributed by atoms with Crippen molar-refractivity contribution >= 4 is 0 Å². The lowest BCUT2D eigenvalue weighted by Gasteiger charge is -2.32. The van der Waals surface area contributed by atoms with Crippen molar-refractivity contribution < 1.29 is 4.74 Å². The SMILES string of the molecule is CCCCCCCc1ccc([C@H]2CC[C@H](CO[C@H]3CC[C@H](C=CC#N)CC3)CC2)cc1. The van der Waals surface area contributed by atoms with Crippen molar-refractivity contribution in [2.75, 3.05) is 6.61 Å². The Labute approximate surface area is 191 Å². The molecule has 0 atom stereocenters. The van der Waals surface area contributed by atoms with Gasteiger partial charge in [-0.25, -0.2) is 0 Å². The van der Waals surface area contributed by atoms with Crippen LogP contribution in [0.3, 0.4) is 0 Å². The quantitative estimate of drug-likeness (QED) is 0.267. The lowest BCUT2D eigenvalue weighted by atomic mass is 9.78. The predicted molar refractivity (Wildman–Crippen MR) is 130 cm³/mol. The lowest BCUT2D eigenvalue weighted by Crippen LogP contribution is -2.25. The normalized spacial score (nSPS) is 26.7. The minimum absolute atomic E-state index is 0.443. The highest BCUT2D eigenvalue weighted by atomic mass is 16.5. The lowest BCUT2D eigenvalue weighted by molar-refractivity contribution is -0.00456. The highest BCUT2D eigenvalue weighted by Gasteiger charge is 2.25. The number of nitriles is 1. The topological polar surface area (TPSA) is 33.0 Å². The maximum atomic E-state index is 8.67. The highest BCUT2D eigenvalue weighted by Crippen LogP contribution is 2.37. The van der Waals surface area contributed by atoms with E-state index in [0.29, 0.717) is 12.0 Å². The summed E-state index contributed by atoms with van der Waals surface area (Å²) in [6, 6.07) is 11.7. The zero-order valence-electron chi connectivity index (χ0n) is 19.7. The maximum Gasteiger partial charge on any atom is 0.0908 e. The number of hydrogen-bond donors (Lipinski definition) is 0. The molecule has 0 unspecified atom stereocenters. The first-order chi connectivity index (χ1) is 15.3. The second-order valence-electron chi connectivity index (χ2n) is 9.98. The number of rotatable bonds is 11. The Bertz CT molecular complexity index is 670. The molecule has 1 aromatic carbocycles. The van der Waals surface area contributed by atoms with Crippen LogP contribution < -0.4 is 0 Å². The first-order valence-corrected chi connectivity index (χ1v) is 13.0. The Morgan fingerprint density at radius 1 is 0.903 bits per heavy atom. The minimum Gasteiger partial charge on any atom is -0.378 e. The molecule has 2 nitrogen and oxygen atoms in total. The van der Waals surface area contributed by atoms with Crippen molar-refractivity contribution in [1.82, 2.24) is 0 Å². The Morgan fingerprint density at radius 2 is 1.61 bits per heavy atom. The number of aryl methyl sites for hydroxylation is 1. The third kappa shape index (κ3) is 8.46. The van der Waals surface area contributed by atoms with E-state index in [9.17, 15) is 0 Å². The van der Waals surface area contributed by atoms with Crippen molar-refractivity contribution in [1.29, 1.82) is 5.26 Å². The van der Waals surface area contributed by atoms with Crippen LogP contribution in [0.1, 0.15) is 107 Å². The molecule has 0 saturated heterocycles. The molecule has 0 aliphatic heterocycles. The number of nitrogens with zero attached hydrogens (tertiary/aromatic N) is 1. The molecule has 31 heavy (non-hydrogen) atoms. The smallest absolute Gasteiger partial charge is 0.0908 e. The van der Waals surface area contributed by atoms with E-state index < -0.39 is 0 Å². The van der Waals surface area contributed by atoms with Gasteiger partial charge >= 0.3 is 0 Å². The van der Waals surface area contributed by atoms with Crippen LogP contribution in [0.5, 0.6) is 0 Å². The van der Waals surface area contributed by atoms with Crippen molar-refractivity contribution in [3.05, 3.63) is 47.5 Å². The van der Waals surface area contributed by atoms with Gasteiger partial charge in [0, 0.05) is 12.7 Å². The molecule has 0 N–H and O–H groups in total. The van der Waals surface area contributed by atoms with Crippen LogP contribution in [-0.4, -0.2) is 12.7 Å². The molecule has 0 bridgehead atoms. The standard InChI is InChI=1S/C29H43NO/c1-2-3-4-5-6-8-24-10-16-27(17-11-24)28-18-12-26(13-19-28)23-31-29-20-14-25(15-21-29)9-7-22-30/h7,9-11,16-17,25-26,28-29H,2-6,8,12-15,18-21,23H2,1H3/t25-,26-,28-,29-. The summed E-state index contributed by atoms with van der Waals surface area (Å²) in [5.41, 5.74) is 3.07. The summed E-state index contributed by atoms with van der Waals surface area (Å²) in [7, 11) is 0. The van der Waals surface area contributed by atoms with Gasteiger partial charge in [-0.2, -0.15) is 5.26 Å². The molecule has 2 aliphatic rings. The van der Waals surface area contributed by atoms with E-state index in [0.717, 1.165) is 31.3 Å². The van der Waals surface area contributed by atoms with Crippen LogP contribution in [0.4, 0.5) is 0 Å². The van der Waals surface area contributed by atoms with E-state index in [2.05, 4.69) is 43.3 Å². The monoisotopic (exact) mass is 421 g/mol. The molecule has 0 heterocycles. The average molecular weight is 422 g/mol. The third-order valence-corrected chi connectivity index (χ3v) is 7.60. The highest BCUT2D eigenvalue weighted by molar-refractivity contribution is 5.26. The zero-order chi connectivity index (χ0) is 21.7. The Balaban J connectivity index is 1.31. The zero-order valence-corrected chi connectivity index (χ0v) is 19.7. The molecule has 0 radical (unpaired) electrons. The summed E-state index contributed by atoms with van der Waals surface area (Å²) < 4.78 is 6.30. The van der Waals surface area contributed by atoms with Gasteiger partial charge in [0.05, 0.1) is 12.2 Å². The summed E-state index contributed by atoms with van der Waals surface area (Å²) in [5.74, 6) is 2.08. The van der Waals surface area contributed by atoms with Gasteiger partial charge in [-0.3, -0.25) is 0 Å². The molecule has 0 spiro atoms. The molecular weight excluding hydrogens is 378 g/mol. The summed E-state index contributed by atoms with van der Waals surface area (Å²) >= 11 is 0. The minimum atomic E-state index is 0.443. The summed E-state index contributed by atoms with van der Waals surface area (Å²) in [5, 5.41) is 8.67.